The summed E-state index contributed by atoms with van der Waals surface area (Å²) < 4.78 is 29.9. The van der Waals surface area contributed by atoms with E-state index in [-0.39, 0.29) is 21.1 Å². The maximum atomic E-state index is 12.3. The summed E-state index contributed by atoms with van der Waals surface area (Å²) in [6.07, 6.45) is 105. The quantitative estimate of drug-likeness (QED) is 0.0323. The van der Waals surface area contributed by atoms with E-state index in [2.05, 4.69) is 67.9 Å². The third-order valence-electron chi connectivity index (χ3n) is 22.0. The van der Waals surface area contributed by atoms with Gasteiger partial charge < -0.3 is 37.7 Å². The zero-order valence-corrected chi connectivity index (χ0v) is 92.7. The molecular formula is C96H200MoO9P4S9. The molecule has 0 aliphatic heterocycles. The van der Waals surface area contributed by atoms with Gasteiger partial charge in [0.15, 0.2) is 12.5 Å². The van der Waals surface area contributed by atoms with Crippen LogP contribution in [-0.2, 0) is 98.9 Å². The molecule has 0 heterocycles. The number of unbranched alkanes of at least 4 members (excludes halogenated alkanes) is 72. The summed E-state index contributed by atoms with van der Waals surface area (Å²) in [7, 11) is 0. The Hall–Kier alpha value is 4.39. The second kappa shape index (κ2) is 117. The molecule has 0 aliphatic carbocycles. The second-order valence-electron chi connectivity index (χ2n) is 33.9. The average molecular weight is 2010 g/mol. The smallest absolute Gasteiger partial charge is 0.793 e. The van der Waals surface area contributed by atoms with Crippen LogP contribution < -0.4 is 19.6 Å². The Morgan fingerprint density at radius 2 is 0.252 bits per heavy atom. The van der Waals surface area contributed by atoms with Gasteiger partial charge in [0.25, 0.3) is 0 Å². The molecule has 0 aromatic rings. The van der Waals surface area contributed by atoms with Gasteiger partial charge in [0.05, 0.1) is 26.4 Å². The molecule has 718 valence electrons. The third kappa shape index (κ3) is 131. The van der Waals surface area contributed by atoms with E-state index in [0.29, 0.717) is 26.4 Å². The van der Waals surface area contributed by atoms with Gasteiger partial charge in [-0.05, 0) is 74.4 Å². The number of hydrogen-bond donors (Lipinski definition) is 0. The molecule has 0 fully saturated rings. The summed E-state index contributed by atoms with van der Waals surface area (Å²) in [4.78, 5) is 49.2. The summed E-state index contributed by atoms with van der Waals surface area (Å²) in [6.45, 7) is 20.4. The van der Waals surface area contributed by atoms with Crippen molar-refractivity contribution in [3.63, 3.8) is 0 Å². The summed E-state index contributed by atoms with van der Waals surface area (Å²) >= 11 is 29.1. The molecule has 9 nitrogen and oxygen atoms in total. The maximum absolute atomic E-state index is 12.3. The molecule has 23 heteroatoms. The van der Waals surface area contributed by atoms with Gasteiger partial charge in [0.2, 0.25) is 0 Å². The van der Waals surface area contributed by atoms with E-state index in [0.717, 1.165) is 74.4 Å². The molecule has 0 rings (SSSR count). The van der Waals surface area contributed by atoms with Crippen molar-refractivity contribution < 1.29 is 62.9 Å². The Morgan fingerprint density at radius 1 is 0.168 bits per heavy atom. The van der Waals surface area contributed by atoms with Crippen LogP contribution in [0.2, 0.25) is 0 Å². The van der Waals surface area contributed by atoms with Crippen LogP contribution >= 0.6 is 68.3 Å². The van der Waals surface area contributed by atoms with Crippen molar-refractivity contribution in [2.75, 3.05) is 49.4 Å². The molecule has 0 radical (unpaired) electrons. The van der Waals surface area contributed by atoms with Crippen LogP contribution in [0.5, 0.6) is 0 Å². The summed E-state index contributed by atoms with van der Waals surface area (Å²) in [5.74, 6) is 3.54. The van der Waals surface area contributed by atoms with Gasteiger partial charge in [-0.1, -0.05) is 565 Å². The minimum Gasteiger partial charge on any atom is -0.793 e. The molecule has 0 aromatic carbocycles. The first-order chi connectivity index (χ1) is 57.5. The molecule has 0 saturated carbocycles. The minimum absolute atomic E-state index is 0. The van der Waals surface area contributed by atoms with Gasteiger partial charge in [0.1, 0.15) is 0 Å². The van der Waals surface area contributed by atoms with Gasteiger partial charge in [-0.3, -0.25) is 0 Å². The van der Waals surface area contributed by atoms with Gasteiger partial charge in [-0.25, -0.2) is 0 Å². The second-order valence-corrected chi connectivity index (χ2v) is 58.6. The normalized spacial score (nSPS) is 13.3. The monoisotopic (exact) mass is 2010 g/mol. The fourth-order valence-electron chi connectivity index (χ4n) is 14.3. The molecular weight excluding hydrogens is 1810 g/mol. The first kappa shape index (κ1) is 134. The predicted molar refractivity (Wildman–Crippen MR) is 554 cm³/mol. The molecule has 0 spiro atoms. The molecule has 0 amide bonds. The molecule has 0 aliphatic rings. The molecule has 0 saturated heterocycles. The first-order valence-corrected chi connectivity index (χ1v) is 68.3. The van der Waals surface area contributed by atoms with Crippen molar-refractivity contribution in [2.24, 2.45) is 0 Å². The van der Waals surface area contributed by atoms with E-state index in [1.165, 1.54) is 508 Å². The van der Waals surface area contributed by atoms with Crippen LogP contribution in [0, 0.1) is 0 Å². The first-order valence-electron chi connectivity index (χ1n) is 51.1. The zero-order chi connectivity index (χ0) is 87.9. The Morgan fingerprint density at radius 3 is 0.353 bits per heavy atom. The van der Waals surface area contributed by atoms with Crippen LogP contribution in [0.1, 0.15) is 569 Å². The van der Waals surface area contributed by atoms with E-state index < -0.39 is 22.8 Å². The van der Waals surface area contributed by atoms with Gasteiger partial charge >= 0.3 is 21.1 Å². The van der Waals surface area contributed by atoms with Crippen LogP contribution in [0.4, 0.5) is 0 Å². The average Bonchev–Trinajstić information content (AvgIpc) is 0.959. The van der Waals surface area contributed by atoms with Gasteiger partial charge in [-0.2, -0.15) is 4.21 Å². The van der Waals surface area contributed by atoms with Crippen molar-refractivity contribution in [1.29, 1.82) is 0 Å². The van der Waals surface area contributed by atoms with Crippen LogP contribution in [0.15, 0.2) is 0 Å². The van der Waals surface area contributed by atoms with Crippen molar-refractivity contribution in [3.8, 4) is 0 Å². The van der Waals surface area contributed by atoms with Crippen LogP contribution in [0.3, 0.4) is 0 Å². The van der Waals surface area contributed by atoms with E-state index >= 15 is 0 Å². The van der Waals surface area contributed by atoms with Gasteiger partial charge in [-0.15, -0.1) is 45.5 Å². The summed E-state index contributed by atoms with van der Waals surface area (Å²) in [5, 5.41) is 0. The number of hydrogen-bond acceptors (Lipinski definition) is 18. The Bertz CT molecular complexity index is 1650. The van der Waals surface area contributed by atoms with E-state index in [1.54, 1.807) is 0 Å². The van der Waals surface area contributed by atoms with Crippen molar-refractivity contribution in [1.82, 2.24) is 0 Å². The molecule has 4 atom stereocenters. The standard InChI is InChI=1S/4C24H51O2PS2.Mo.OS/c4*1-3-5-7-9-11-13-15-17-19-21-23-26-27(25,28)29-24-22-20-18-16-14-12-10-8-6-4-2;;1-2/h4*3-24H2,1-2H3,(H,25,28);;/q;;;;+4;/p-4. The fraction of sp³-hybridized carbons (Fsp3) is 1.00. The Kier molecular flexibility index (Phi) is 131. The molecule has 0 bridgehead atoms. The topological polar surface area (TPSA) is 146 Å². The summed E-state index contributed by atoms with van der Waals surface area (Å²) in [5.41, 5.74) is -11.4. The Balaban J connectivity index is -0.000000354. The number of rotatable bonds is 96. The maximum Gasteiger partial charge on any atom is 4.00 e. The van der Waals surface area contributed by atoms with E-state index in [9.17, 15) is 19.6 Å². The molecule has 119 heavy (non-hydrogen) atoms. The predicted octanol–water partition coefficient (Wildman–Crippen LogP) is 36.3. The van der Waals surface area contributed by atoms with Gasteiger partial charge in [0, 0.05) is 22.8 Å². The van der Waals surface area contributed by atoms with Crippen LogP contribution in [-0.4, -0.2) is 53.6 Å². The van der Waals surface area contributed by atoms with Crippen molar-refractivity contribution in [3.05, 3.63) is 0 Å². The molecule has 0 aromatic heterocycles. The van der Waals surface area contributed by atoms with Crippen molar-refractivity contribution >= 4 is 128 Å². The Labute approximate surface area is 802 Å². The summed E-state index contributed by atoms with van der Waals surface area (Å²) in [6, 6.07) is 0. The SMILES string of the molecule is CCCCCCCCCCCCOP([O-])(=S)SCCCCCCCCCCCC.CCCCCCCCCCCCOP([O-])(=S)SCCCCCCCCCCCC.CCCCCCCCCCCCOP([O-])(=S)SCCCCCCCCCCCC.CCCCCCCCCCCCOP([O-])(=S)SCCCCCCCCCCCC.O=S.[Mo+4]. The largest absolute Gasteiger partial charge is 4.00 e. The van der Waals surface area contributed by atoms with E-state index in [1.807, 2.05) is 0 Å². The van der Waals surface area contributed by atoms with E-state index in [4.69, 9.17) is 69.5 Å². The minimum atomic E-state index is -2.85. The van der Waals surface area contributed by atoms with Crippen LogP contribution in [0.25, 0.3) is 0 Å². The fourth-order valence-corrected chi connectivity index (χ4v) is 27.8. The molecule has 4 unspecified atom stereocenters. The third-order valence-corrected chi connectivity index (χ3v) is 39.4. The van der Waals surface area contributed by atoms with Crippen molar-refractivity contribution in [2.45, 2.75) is 569 Å². The zero-order valence-electron chi connectivity index (χ0n) is 79.8. The molecule has 0 N–H and O–H groups in total.